The van der Waals surface area contributed by atoms with Gasteiger partial charge >= 0.3 is 0 Å². The molecule has 0 fully saturated rings. The van der Waals surface area contributed by atoms with E-state index >= 15 is 0 Å². The van der Waals surface area contributed by atoms with Crippen LogP contribution in [0.15, 0.2) is 24.3 Å². The minimum Gasteiger partial charge on any atom is -0.271 e. The number of hydrogen-bond acceptors (Lipinski definition) is 2. The molecule has 3 N–H and O–H groups in total. The van der Waals surface area contributed by atoms with Crippen molar-refractivity contribution in [2.24, 2.45) is 11.3 Å². The Kier molecular flexibility index (Phi) is 4.51. The smallest absolute Gasteiger partial charge is 0.0262 e. The molecule has 0 aliphatic rings. The summed E-state index contributed by atoms with van der Waals surface area (Å²) in [6.07, 6.45) is 2.16. The van der Waals surface area contributed by atoms with Crippen molar-refractivity contribution in [1.82, 2.24) is 5.43 Å². The molecule has 0 saturated heterocycles. The van der Waals surface area contributed by atoms with Crippen molar-refractivity contribution in [3.8, 4) is 0 Å². The molecule has 0 spiro atoms. The summed E-state index contributed by atoms with van der Waals surface area (Å²) in [7, 11) is 0. The molecule has 0 aliphatic carbocycles. The normalized spacial score (nSPS) is 13.8. The third-order valence-electron chi connectivity index (χ3n) is 3.21. The zero-order valence-corrected chi connectivity index (χ0v) is 10.9. The van der Waals surface area contributed by atoms with E-state index in [1.54, 1.807) is 0 Å². The molecule has 2 heteroatoms. The standard InChI is InChI=1S/C14H24N2/c1-11-7-5-6-8-12(11)9-10-13(16-15)14(2,3)4/h5-8,13,16H,9-10,15H2,1-4H3. The number of nitrogens with one attached hydrogen (secondary N) is 1. The summed E-state index contributed by atoms with van der Waals surface area (Å²) in [6, 6.07) is 8.90. The Labute approximate surface area is 99.2 Å². The van der Waals surface area contributed by atoms with Crippen LogP contribution in [0.3, 0.4) is 0 Å². The number of rotatable bonds is 4. The van der Waals surface area contributed by atoms with Crippen LogP contribution < -0.4 is 11.3 Å². The lowest BCUT2D eigenvalue weighted by atomic mass is 9.83. The second kappa shape index (κ2) is 5.46. The van der Waals surface area contributed by atoms with Crippen LogP contribution in [0.1, 0.15) is 38.3 Å². The quantitative estimate of drug-likeness (QED) is 0.605. The summed E-state index contributed by atoms with van der Waals surface area (Å²) in [5, 5.41) is 0. The van der Waals surface area contributed by atoms with Crippen LogP contribution in [-0.4, -0.2) is 6.04 Å². The summed E-state index contributed by atoms with van der Waals surface area (Å²) < 4.78 is 0. The molecule has 1 atom stereocenters. The zero-order chi connectivity index (χ0) is 12.2. The third kappa shape index (κ3) is 3.62. The molecule has 1 unspecified atom stereocenters. The second-order valence-electron chi connectivity index (χ2n) is 5.55. The SMILES string of the molecule is Cc1ccccc1CCC(NN)C(C)(C)C. The van der Waals surface area contributed by atoms with E-state index in [4.69, 9.17) is 5.84 Å². The predicted octanol–water partition coefficient (Wildman–Crippen LogP) is 2.81. The molecular weight excluding hydrogens is 196 g/mol. The molecule has 0 radical (unpaired) electrons. The average molecular weight is 220 g/mol. The molecule has 0 heterocycles. The summed E-state index contributed by atoms with van der Waals surface area (Å²) in [4.78, 5) is 0. The second-order valence-corrected chi connectivity index (χ2v) is 5.55. The highest BCUT2D eigenvalue weighted by Crippen LogP contribution is 2.23. The molecular formula is C14H24N2. The first-order valence-electron chi connectivity index (χ1n) is 5.96. The molecule has 0 aliphatic heterocycles. The first-order valence-corrected chi connectivity index (χ1v) is 5.96. The topological polar surface area (TPSA) is 38.0 Å². The van der Waals surface area contributed by atoms with E-state index < -0.39 is 0 Å². The maximum absolute atomic E-state index is 5.61. The number of hydrogen-bond donors (Lipinski definition) is 2. The molecule has 1 aromatic rings. The summed E-state index contributed by atoms with van der Waals surface area (Å²) in [6.45, 7) is 8.82. The maximum atomic E-state index is 5.61. The van der Waals surface area contributed by atoms with E-state index in [1.807, 2.05) is 0 Å². The monoisotopic (exact) mass is 220 g/mol. The first kappa shape index (κ1) is 13.2. The number of benzene rings is 1. The Balaban J connectivity index is 2.60. The Morgan fingerprint density at radius 3 is 2.38 bits per heavy atom. The van der Waals surface area contributed by atoms with E-state index in [1.165, 1.54) is 11.1 Å². The highest BCUT2D eigenvalue weighted by atomic mass is 15.2. The van der Waals surface area contributed by atoms with Gasteiger partial charge in [0.15, 0.2) is 0 Å². The van der Waals surface area contributed by atoms with E-state index in [2.05, 4.69) is 57.4 Å². The Bertz CT molecular complexity index is 326. The average Bonchev–Trinajstić information content (AvgIpc) is 2.19. The van der Waals surface area contributed by atoms with Gasteiger partial charge in [-0.2, -0.15) is 0 Å². The van der Waals surface area contributed by atoms with Crippen LogP contribution in [0.2, 0.25) is 0 Å². The molecule has 90 valence electrons. The lowest BCUT2D eigenvalue weighted by Gasteiger charge is -2.30. The third-order valence-corrected chi connectivity index (χ3v) is 3.21. The van der Waals surface area contributed by atoms with Gasteiger partial charge in [-0.25, -0.2) is 0 Å². The predicted molar refractivity (Wildman–Crippen MR) is 70.1 cm³/mol. The van der Waals surface area contributed by atoms with Crippen molar-refractivity contribution in [1.29, 1.82) is 0 Å². The minimum atomic E-state index is 0.206. The highest BCUT2D eigenvalue weighted by Gasteiger charge is 2.22. The van der Waals surface area contributed by atoms with E-state index in [0.717, 1.165) is 12.8 Å². The van der Waals surface area contributed by atoms with Gasteiger partial charge in [-0.1, -0.05) is 45.0 Å². The van der Waals surface area contributed by atoms with Gasteiger partial charge in [0.05, 0.1) is 0 Å². The van der Waals surface area contributed by atoms with Crippen molar-refractivity contribution in [3.05, 3.63) is 35.4 Å². The van der Waals surface area contributed by atoms with Gasteiger partial charge < -0.3 is 0 Å². The van der Waals surface area contributed by atoms with Crippen LogP contribution in [0.4, 0.5) is 0 Å². The molecule has 1 aromatic carbocycles. The van der Waals surface area contributed by atoms with E-state index in [0.29, 0.717) is 6.04 Å². The van der Waals surface area contributed by atoms with Crippen LogP contribution in [0, 0.1) is 12.3 Å². The summed E-state index contributed by atoms with van der Waals surface area (Å²) in [5.74, 6) is 5.61. The van der Waals surface area contributed by atoms with E-state index in [-0.39, 0.29) is 5.41 Å². The molecule has 0 aromatic heterocycles. The number of nitrogens with two attached hydrogens (primary N) is 1. The van der Waals surface area contributed by atoms with Gasteiger partial charge in [0.1, 0.15) is 0 Å². The molecule has 0 bridgehead atoms. The van der Waals surface area contributed by atoms with Crippen LogP contribution in [0.25, 0.3) is 0 Å². The van der Waals surface area contributed by atoms with E-state index in [9.17, 15) is 0 Å². The van der Waals surface area contributed by atoms with Crippen LogP contribution >= 0.6 is 0 Å². The van der Waals surface area contributed by atoms with Crippen molar-refractivity contribution in [2.75, 3.05) is 0 Å². The van der Waals surface area contributed by atoms with Crippen molar-refractivity contribution >= 4 is 0 Å². The number of aryl methyl sites for hydroxylation is 2. The Morgan fingerprint density at radius 1 is 1.25 bits per heavy atom. The highest BCUT2D eigenvalue weighted by molar-refractivity contribution is 5.25. The zero-order valence-electron chi connectivity index (χ0n) is 10.9. The number of hydrazine groups is 1. The lowest BCUT2D eigenvalue weighted by Crippen LogP contribution is -2.44. The fraction of sp³-hybridized carbons (Fsp3) is 0.571. The Morgan fingerprint density at radius 2 is 1.88 bits per heavy atom. The summed E-state index contributed by atoms with van der Waals surface area (Å²) >= 11 is 0. The largest absolute Gasteiger partial charge is 0.271 e. The van der Waals surface area contributed by atoms with Crippen molar-refractivity contribution in [3.63, 3.8) is 0 Å². The maximum Gasteiger partial charge on any atom is 0.0262 e. The molecule has 0 amide bonds. The summed E-state index contributed by atoms with van der Waals surface area (Å²) in [5.41, 5.74) is 5.93. The van der Waals surface area contributed by atoms with Gasteiger partial charge in [0.2, 0.25) is 0 Å². The van der Waals surface area contributed by atoms with Crippen molar-refractivity contribution < 1.29 is 0 Å². The Hall–Kier alpha value is -0.860. The van der Waals surface area contributed by atoms with Crippen LogP contribution in [-0.2, 0) is 6.42 Å². The van der Waals surface area contributed by atoms with Crippen LogP contribution in [0.5, 0.6) is 0 Å². The minimum absolute atomic E-state index is 0.206. The fourth-order valence-electron chi connectivity index (χ4n) is 1.96. The van der Waals surface area contributed by atoms with Gasteiger partial charge in [-0.15, -0.1) is 0 Å². The molecule has 1 rings (SSSR count). The van der Waals surface area contributed by atoms with Gasteiger partial charge in [0, 0.05) is 6.04 Å². The molecule has 0 saturated carbocycles. The molecule has 16 heavy (non-hydrogen) atoms. The van der Waals surface area contributed by atoms with Gasteiger partial charge in [0.25, 0.3) is 0 Å². The van der Waals surface area contributed by atoms with Gasteiger partial charge in [-0.05, 0) is 36.3 Å². The van der Waals surface area contributed by atoms with Gasteiger partial charge in [-0.3, -0.25) is 11.3 Å². The lowest BCUT2D eigenvalue weighted by molar-refractivity contribution is 0.257. The molecule has 2 nitrogen and oxygen atoms in total. The van der Waals surface area contributed by atoms with Crippen molar-refractivity contribution in [2.45, 2.75) is 46.6 Å². The fourth-order valence-corrected chi connectivity index (χ4v) is 1.96. The first-order chi connectivity index (χ1) is 7.45.